The van der Waals surface area contributed by atoms with E-state index < -0.39 is 5.97 Å². The van der Waals surface area contributed by atoms with E-state index in [0.717, 1.165) is 12.8 Å². The van der Waals surface area contributed by atoms with Crippen LogP contribution < -0.4 is 11.1 Å². The van der Waals surface area contributed by atoms with Crippen molar-refractivity contribution in [2.24, 2.45) is 23.5 Å². The molecule has 1 amide bonds. The Balaban J connectivity index is 1.76. The predicted molar refractivity (Wildman–Crippen MR) is 71.4 cm³/mol. The highest BCUT2D eigenvalue weighted by Gasteiger charge is 2.49. The normalized spacial score (nSPS) is 34.2. The van der Waals surface area contributed by atoms with Crippen molar-refractivity contribution in [2.45, 2.75) is 57.5 Å². The SMILES string of the molecule is CC(CCCC(=O)O)NC(=O)C1C2CCC(C2)C1N. The maximum absolute atomic E-state index is 12.2. The van der Waals surface area contributed by atoms with E-state index in [-0.39, 0.29) is 30.3 Å². The number of nitrogens with two attached hydrogens (primary N) is 1. The Morgan fingerprint density at radius 2 is 2.05 bits per heavy atom. The van der Waals surface area contributed by atoms with Gasteiger partial charge in [0.15, 0.2) is 0 Å². The largest absolute Gasteiger partial charge is 0.481 e. The Morgan fingerprint density at radius 3 is 2.63 bits per heavy atom. The first-order chi connectivity index (χ1) is 8.99. The summed E-state index contributed by atoms with van der Waals surface area (Å²) in [5.41, 5.74) is 6.14. The number of hydrogen-bond donors (Lipinski definition) is 3. The fraction of sp³-hybridized carbons (Fsp3) is 0.857. The lowest BCUT2D eigenvalue weighted by Gasteiger charge is -2.28. The van der Waals surface area contributed by atoms with Crippen LogP contribution in [0.2, 0.25) is 0 Å². The summed E-state index contributed by atoms with van der Waals surface area (Å²) in [6, 6.07) is 0.0446. The third-order valence-electron chi connectivity index (χ3n) is 4.70. The average molecular weight is 268 g/mol. The van der Waals surface area contributed by atoms with Gasteiger partial charge < -0.3 is 16.2 Å². The zero-order chi connectivity index (χ0) is 14.0. The summed E-state index contributed by atoms with van der Waals surface area (Å²) >= 11 is 0. The van der Waals surface area contributed by atoms with Crippen LogP contribution in [-0.4, -0.2) is 29.1 Å². The summed E-state index contributed by atoms with van der Waals surface area (Å²) in [5.74, 6) is 0.256. The minimum Gasteiger partial charge on any atom is -0.481 e. The maximum atomic E-state index is 12.2. The summed E-state index contributed by atoms with van der Waals surface area (Å²) < 4.78 is 0. The van der Waals surface area contributed by atoms with Gasteiger partial charge in [0.05, 0.1) is 5.92 Å². The Bertz CT molecular complexity index is 357. The van der Waals surface area contributed by atoms with Crippen molar-refractivity contribution in [1.82, 2.24) is 5.32 Å². The van der Waals surface area contributed by atoms with E-state index in [4.69, 9.17) is 10.8 Å². The number of amides is 1. The van der Waals surface area contributed by atoms with Crippen molar-refractivity contribution in [3.8, 4) is 0 Å². The highest BCUT2D eigenvalue weighted by atomic mass is 16.4. The number of carbonyl (C=O) groups is 2. The van der Waals surface area contributed by atoms with Crippen LogP contribution in [0.3, 0.4) is 0 Å². The Labute approximate surface area is 113 Å². The minimum absolute atomic E-state index is 0.0185. The first kappa shape index (κ1) is 14.3. The van der Waals surface area contributed by atoms with Crippen molar-refractivity contribution < 1.29 is 14.7 Å². The van der Waals surface area contributed by atoms with Crippen LogP contribution in [0.15, 0.2) is 0 Å². The van der Waals surface area contributed by atoms with Crippen LogP contribution in [0.1, 0.15) is 45.4 Å². The quantitative estimate of drug-likeness (QED) is 0.673. The number of carboxylic acid groups (broad SMARTS) is 1. The molecule has 2 saturated carbocycles. The summed E-state index contributed by atoms with van der Waals surface area (Å²) in [5, 5.41) is 11.6. The molecule has 0 aromatic carbocycles. The lowest BCUT2D eigenvalue weighted by atomic mass is 9.84. The van der Waals surface area contributed by atoms with Crippen LogP contribution in [0, 0.1) is 17.8 Å². The molecule has 2 aliphatic rings. The molecule has 5 unspecified atom stereocenters. The monoisotopic (exact) mass is 268 g/mol. The van der Waals surface area contributed by atoms with Crippen molar-refractivity contribution in [1.29, 1.82) is 0 Å². The predicted octanol–water partition coefficient (Wildman–Crippen LogP) is 1.12. The molecule has 5 atom stereocenters. The van der Waals surface area contributed by atoms with Gasteiger partial charge in [-0.05, 0) is 50.9 Å². The first-order valence-electron chi connectivity index (χ1n) is 7.26. The van der Waals surface area contributed by atoms with Gasteiger partial charge in [-0.3, -0.25) is 9.59 Å². The van der Waals surface area contributed by atoms with Gasteiger partial charge in [-0.2, -0.15) is 0 Å². The molecule has 19 heavy (non-hydrogen) atoms. The number of nitrogens with one attached hydrogen (secondary N) is 1. The van der Waals surface area contributed by atoms with Crippen LogP contribution in [0.25, 0.3) is 0 Å². The van der Waals surface area contributed by atoms with Crippen LogP contribution in [0.4, 0.5) is 0 Å². The molecule has 0 aliphatic heterocycles. The van der Waals surface area contributed by atoms with Crippen molar-refractivity contribution in [3.05, 3.63) is 0 Å². The van der Waals surface area contributed by atoms with Gasteiger partial charge in [0.2, 0.25) is 5.91 Å². The summed E-state index contributed by atoms with van der Waals surface area (Å²) in [4.78, 5) is 22.7. The minimum atomic E-state index is -0.784. The molecule has 5 heteroatoms. The van der Waals surface area contributed by atoms with E-state index in [9.17, 15) is 9.59 Å². The van der Waals surface area contributed by atoms with Gasteiger partial charge in [0.1, 0.15) is 0 Å². The van der Waals surface area contributed by atoms with Crippen LogP contribution in [0.5, 0.6) is 0 Å². The fourth-order valence-corrected chi connectivity index (χ4v) is 3.70. The average Bonchev–Trinajstić information content (AvgIpc) is 2.88. The topological polar surface area (TPSA) is 92.4 Å². The zero-order valence-electron chi connectivity index (χ0n) is 11.5. The number of carboxylic acids is 1. The Morgan fingerprint density at radius 1 is 1.37 bits per heavy atom. The molecule has 0 aromatic heterocycles. The number of rotatable bonds is 6. The van der Waals surface area contributed by atoms with Crippen molar-refractivity contribution in [3.63, 3.8) is 0 Å². The van der Waals surface area contributed by atoms with E-state index >= 15 is 0 Å². The molecule has 2 rings (SSSR count). The Hall–Kier alpha value is -1.10. The molecule has 2 fully saturated rings. The third-order valence-corrected chi connectivity index (χ3v) is 4.70. The van der Waals surface area contributed by atoms with Crippen LogP contribution >= 0.6 is 0 Å². The lowest BCUT2D eigenvalue weighted by molar-refractivity contribution is -0.137. The number of fused-ring (bicyclic) bond motifs is 2. The lowest BCUT2D eigenvalue weighted by Crippen LogP contribution is -2.47. The van der Waals surface area contributed by atoms with Crippen molar-refractivity contribution in [2.75, 3.05) is 0 Å². The highest BCUT2D eigenvalue weighted by molar-refractivity contribution is 5.80. The standard InChI is InChI=1S/C14H24N2O3/c1-8(3-2-4-11(17)18)16-14(19)12-9-5-6-10(7-9)13(12)15/h8-10,12-13H,2-7,15H2,1H3,(H,16,19)(H,17,18). The van der Waals surface area contributed by atoms with Gasteiger partial charge in [-0.15, -0.1) is 0 Å². The zero-order valence-corrected chi connectivity index (χ0v) is 11.5. The van der Waals surface area contributed by atoms with E-state index in [2.05, 4.69) is 5.32 Å². The van der Waals surface area contributed by atoms with Gasteiger partial charge in [0, 0.05) is 18.5 Å². The molecule has 0 aromatic rings. The molecule has 5 nitrogen and oxygen atoms in total. The molecular weight excluding hydrogens is 244 g/mol. The van der Waals surface area contributed by atoms with Gasteiger partial charge in [-0.1, -0.05) is 0 Å². The van der Waals surface area contributed by atoms with E-state index in [0.29, 0.717) is 24.7 Å². The molecular formula is C14H24N2O3. The molecule has 4 N–H and O–H groups in total. The maximum Gasteiger partial charge on any atom is 0.303 e. The molecule has 0 radical (unpaired) electrons. The number of aliphatic carboxylic acids is 1. The molecule has 2 bridgehead atoms. The Kier molecular flexibility index (Phi) is 4.45. The first-order valence-corrected chi connectivity index (χ1v) is 7.26. The summed E-state index contributed by atoms with van der Waals surface area (Å²) in [7, 11) is 0. The van der Waals surface area contributed by atoms with E-state index in [1.54, 1.807) is 0 Å². The highest BCUT2D eigenvalue weighted by Crippen LogP contribution is 2.47. The van der Waals surface area contributed by atoms with Gasteiger partial charge in [0.25, 0.3) is 0 Å². The smallest absolute Gasteiger partial charge is 0.303 e. The van der Waals surface area contributed by atoms with Crippen LogP contribution in [-0.2, 0) is 9.59 Å². The van der Waals surface area contributed by atoms with Crippen molar-refractivity contribution >= 4 is 11.9 Å². The second-order valence-electron chi connectivity index (χ2n) is 6.13. The second-order valence-corrected chi connectivity index (χ2v) is 6.13. The summed E-state index contributed by atoms with van der Waals surface area (Å²) in [6.07, 6.45) is 4.86. The summed E-state index contributed by atoms with van der Waals surface area (Å²) in [6.45, 7) is 1.93. The van der Waals surface area contributed by atoms with Gasteiger partial charge in [-0.25, -0.2) is 0 Å². The fourth-order valence-electron chi connectivity index (χ4n) is 3.70. The third kappa shape index (κ3) is 3.26. The van der Waals surface area contributed by atoms with E-state index in [1.807, 2.05) is 6.92 Å². The molecule has 2 aliphatic carbocycles. The van der Waals surface area contributed by atoms with E-state index in [1.165, 1.54) is 6.42 Å². The molecule has 0 saturated heterocycles. The molecule has 108 valence electrons. The molecule has 0 heterocycles. The number of hydrogen-bond acceptors (Lipinski definition) is 3. The second kappa shape index (κ2) is 5.90. The number of carbonyl (C=O) groups excluding carboxylic acids is 1. The molecule has 0 spiro atoms. The van der Waals surface area contributed by atoms with Gasteiger partial charge >= 0.3 is 5.97 Å².